The quantitative estimate of drug-likeness (QED) is 0.822. The minimum atomic E-state index is -4.54. The largest absolute Gasteiger partial charge is 0.431 e. The van der Waals surface area contributed by atoms with E-state index in [2.05, 4.69) is 11.9 Å². The number of halogens is 3. The lowest BCUT2D eigenvalue weighted by molar-refractivity contribution is -0.144. The predicted molar refractivity (Wildman–Crippen MR) is 63.4 cm³/mol. The van der Waals surface area contributed by atoms with Gasteiger partial charge in [0, 0.05) is 19.2 Å². The molecule has 1 aromatic rings. The summed E-state index contributed by atoms with van der Waals surface area (Å²) in [6.07, 6.45) is -4.54. The van der Waals surface area contributed by atoms with Crippen molar-refractivity contribution in [2.75, 3.05) is 13.1 Å². The van der Waals surface area contributed by atoms with Crippen molar-refractivity contribution in [3.63, 3.8) is 0 Å². The lowest BCUT2D eigenvalue weighted by Crippen LogP contribution is -2.29. The van der Waals surface area contributed by atoms with Crippen LogP contribution in [0.5, 0.6) is 0 Å². The Labute approximate surface area is 103 Å². The summed E-state index contributed by atoms with van der Waals surface area (Å²) in [5.41, 5.74) is -1.11. The van der Waals surface area contributed by atoms with Gasteiger partial charge in [0.05, 0.1) is 0 Å². The molecular weight excluding hydrogens is 245 g/mol. The van der Waals surface area contributed by atoms with Crippen molar-refractivity contribution in [2.45, 2.75) is 19.6 Å². The molecule has 0 amide bonds. The van der Waals surface area contributed by atoms with Gasteiger partial charge in [-0.25, -0.2) is 0 Å². The van der Waals surface area contributed by atoms with Crippen LogP contribution >= 0.6 is 0 Å². The highest BCUT2D eigenvalue weighted by Crippen LogP contribution is 2.28. The van der Waals surface area contributed by atoms with Gasteiger partial charge in [0.15, 0.2) is 0 Å². The van der Waals surface area contributed by atoms with Crippen LogP contribution in [0.3, 0.4) is 0 Å². The van der Waals surface area contributed by atoms with Crippen LogP contribution in [0.1, 0.15) is 12.6 Å². The van der Waals surface area contributed by atoms with Crippen LogP contribution in [-0.2, 0) is 12.7 Å². The average Bonchev–Trinajstić information content (AvgIpc) is 2.27. The van der Waals surface area contributed by atoms with Gasteiger partial charge in [0.2, 0.25) is 0 Å². The van der Waals surface area contributed by atoms with Crippen LogP contribution in [0, 0.1) is 0 Å². The molecule has 0 unspecified atom stereocenters. The van der Waals surface area contributed by atoms with E-state index in [-0.39, 0.29) is 6.54 Å². The van der Waals surface area contributed by atoms with E-state index in [9.17, 15) is 18.0 Å². The molecule has 1 N–H and O–H groups in total. The Kier molecular flexibility index (Phi) is 4.72. The third-order valence-electron chi connectivity index (χ3n) is 2.35. The minimum Gasteiger partial charge on any atom is -0.313 e. The maximum Gasteiger partial charge on any atom is 0.431 e. The summed E-state index contributed by atoms with van der Waals surface area (Å²) >= 11 is 0. The van der Waals surface area contributed by atoms with Crippen molar-refractivity contribution in [1.29, 1.82) is 0 Å². The van der Waals surface area contributed by atoms with Gasteiger partial charge in [0.1, 0.15) is 5.69 Å². The molecule has 1 aromatic heterocycles. The van der Waals surface area contributed by atoms with Gasteiger partial charge >= 0.3 is 6.18 Å². The Balaban J connectivity index is 3.01. The van der Waals surface area contributed by atoms with Crippen LogP contribution in [0.15, 0.2) is 35.1 Å². The average molecular weight is 260 g/mol. The van der Waals surface area contributed by atoms with E-state index in [1.807, 2.05) is 6.92 Å². The summed E-state index contributed by atoms with van der Waals surface area (Å²) in [7, 11) is 0. The highest BCUT2D eigenvalue weighted by molar-refractivity contribution is 5.12. The van der Waals surface area contributed by atoms with Gasteiger partial charge in [-0.3, -0.25) is 4.79 Å². The Morgan fingerprint density at radius 2 is 2.11 bits per heavy atom. The molecule has 0 aliphatic heterocycles. The smallest absolute Gasteiger partial charge is 0.313 e. The standard InChI is InChI=1S/C12H15F3N2O/c1-3-16-7-9(2)8-17-10(12(13,14)15)5-4-6-11(17)18/h4-6,16H,2-3,7-8H2,1H3. The van der Waals surface area contributed by atoms with E-state index < -0.39 is 17.4 Å². The number of aromatic nitrogens is 1. The monoisotopic (exact) mass is 260 g/mol. The fourth-order valence-corrected chi connectivity index (χ4v) is 1.51. The second kappa shape index (κ2) is 5.86. The van der Waals surface area contributed by atoms with E-state index in [4.69, 9.17) is 0 Å². The van der Waals surface area contributed by atoms with E-state index in [0.29, 0.717) is 23.2 Å². The van der Waals surface area contributed by atoms with E-state index in [1.165, 1.54) is 0 Å². The van der Waals surface area contributed by atoms with Crippen LogP contribution in [0.25, 0.3) is 0 Å². The number of hydrogen-bond acceptors (Lipinski definition) is 2. The molecule has 0 bridgehead atoms. The molecule has 0 saturated carbocycles. The summed E-state index contributed by atoms with van der Waals surface area (Å²) in [5.74, 6) is 0. The topological polar surface area (TPSA) is 34.0 Å². The van der Waals surface area contributed by atoms with Crippen molar-refractivity contribution < 1.29 is 13.2 Å². The molecule has 0 radical (unpaired) electrons. The number of alkyl halides is 3. The fraction of sp³-hybridized carbons (Fsp3) is 0.417. The second-order valence-corrected chi connectivity index (χ2v) is 3.86. The molecular formula is C12H15F3N2O. The van der Waals surface area contributed by atoms with Crippen molar-refractivity contribution in [3.8, 4) is 0 Å². The molecule has 3 nitrogen and oxygen atoms in total. The molecule has 0 aliphatic rings. The van der Waals surface area contributed by atoms with Crippen LogP contribution in [-0.4, -0.2) is 17.7 Å². The molecule has 0 saturated heterocycles. The highest BCUT2D eigenvalue weighted by Gasteiger charge is 2.34. The molecule has 6 heteroatoms. The number of likely N-dealkylation sites (N-methyl/N-ethyl adjacent to an activating group) is 1. The second-order valence-electron chi connectivity index (χ2n) is 3.86. The van der Waals surface area contributed by atoms with Crippen molar-refractivity contribution in [2.24, 2.45) is 0 Å². The third kappa shape index (κ3) is 3.73. The SMILES string of the molecule is C=C(CNCC)Cn1c(C(F)(F)F)cccc1=O. The Bertz CT molecular complexity index is 477. The predicted octanol–water partition coefficient (Wildman–Crippen LogP) is 2.03. The highest BCUT2D eigenvalue weighted by atomic mass is 19.4. The lowest BCUT2D eigenvalue weighted by atomic mass is 10.2. The van der Waals surface area contributed by atoms with E-state index in [0.717, 1.165) is 18.2 Å². The molecule has 18 heavy (non-hydrogen) atoms. The minimum absolute atomic E-state index is 0.137. The fourth-order valence-electron chi connectivity index (χ4n) is 1.51. The van der Waals surface area contributed by atoms with Gasteiger partial charge < -0.3 is 9.88 Å². The maximum atomic E-state index is 12.7. The van der Waals surface area contributed by atoms with Crippen molar-refractivity contribution in [1.82, 2.24) is 9.88 Å². The normalized spacial score (nSPS) is 11.6. The van der Waals surface area contributed by atoms with Crippen molar-refractivity contribution in [3.05, 3.63) is 46.4 Å². The van der Waals surface area contributed by atoms with Gasteiger partial charge in [-0.15, -0.1) is 0 Å². The zero-order valence-corrected chi connectivity index (χ0v) is 10.0. The Hall–Kier alpha value is -1.56. The van der Waals surface area contributed by atoms with Gasteiger partial charge in [-0.1, -0.05) is 19.6 Å². The van der Waals surface area contributed by atoms with Gasteiger partial charge in [-0.2, -0.15) is 13.2 Å². The van der Waals surface area contributed by atoms with E-state index >= 15 is 0 Å². The molecule has 100 valence electrons. The summed E-state index contributed by atoms with van der Waals surface area (Å²) in [6, 6.07) is 3.10. The number of nitrogens with zero attached hydrogens (tertiary/aromatic N) is 1. The number of pyridine rings is 1. The zero-order valence-electron chi connectivity index (χ0n) is 10.0. The van der Waals surface area contributed by atoms with Crippen molar-refractivity contribution >= 4 is 0 Å². The third-order valence-corrected chi connectivity index (χ3v) is 2.35. The van der Waals surface area contributed by atoms with Crippen LogP contribution in [0.4, 0.5) is 13.2 Å². The Morgan fingerprint density at radius 1 is 1.44 bits per heavy atom. The molecule has 0 aromatic carbocycles. The summed E-state index contributed by atoms with van der Waals surface area (Å²) < 4.78 is 38.9. The number of rotatable bonds is 5. The zero-order chi connectivity index (χ0) is 13.8. The van der Waals surface area contributed by atoms with Gasteiger partial charge in [-0.05, 0) is 18.2 Å². The van der Waals surface area contributed by atoms with Gasteiger partial charge in [0.25, 0.3) is 5.56 Å². The molecule has 1 heterocycles. The molecule has 0 spiro atoms. The van der Waals surface area contributed by atoms with Crippen LogP contribution in [0.2, 0.25) is 0 Å². The van der Waals surface area contributed by atoms with E-state index in [1.54, 1.807) is 0 Å². The first-order valence-electron chi connectivity index (χ1n) is 5.50. The number of hydrogen-bond donors (Lipinski definition) is 1. The summed E-state index contributed by atoms with van der Waals surface area (Å²) in [6.45, 7) is 6.48. The summed E-state index contributed by atoms with van der Waals surface area (Å²) in [5, 5.41) is 2.95. The summed E-state index contributed by atoms with van der Waals surface area (Å²) in [4.78, 5) is 11.5. The first-order valence-corrected chi connectivity index (χ1v) is 5.50. The van der Waals surface area contributed by atoms with Crippen LogP contribution < -0.4 is 10.9 Å². The number of nitrogens with one attached hydrogen (secondary N) is 1. The first kappa shape index (κ1) is 14.5. The molecule has 1 rings (SSSR count). The lowest BCUT2D eigenvalue weighted by Gasteiger charge is -2.16. The Morgan fingerprint density at radius 3 is 2.67 bits per heavy atom. The molecule has 0 atom stereocenters. The first-order chi connectivity index (χ1) is 8.36. The molecule has 0 fully saturated rings. The molecule has 0 aliphatic carbocycles. The maximum absolute atomic E-state index is 12.7.